The number of fused-ring (bicyclic) bond motifs is 1. The number of carbonyl (C=O) groups is 2. The molecule has 0 radical (unpaired) electrons. The summed E-state index contributed by atoms with van der Waals surface area (Å²) in [6.45, 7) is 3.55. The summed E-state index contributed by atoms with van der Waals surface area (Å²) in [5.74, 6) is -0.802. The largest absolute Gasteiger partial charge is 0.497 e. The molecule has 1 amide bonds. The van der Waals surface area contributed by atoms with E-state index in [0.717, 1.165) is 29.7 Å². The van der Waals surface area contributed by atoms with Crippen LogP contribution in [0.4, 0.5) is 13.2 Å². The highest BCUT2D eigenvalue weighted by atomic mass is 32.1. The van der Waals surface area contributed by atoms with Gasteiger partial charge in [-0.15, -0.1) is 0 Å². The molecule has 0 aliphatic heterocycles. The van der Waals surface area contributed by atoms with Crippen molar-refractivity contribution in [3.05, 3.63) is 58.6 Å². The Morgan fingerprint density at radius 2 is 1.89 bits per heavy atom. The lowest BCUT2D eigenvalue weighted by Gasteiger charge is -2.07. The molecule has 0 unspecified atom stereocenters. The van der Waals surface area contributed by atoms with Crippen LogP contribution in [0.15, 0.2) is 42.5 Å². The minimum atomic E-state index is -4.62. The third kappa shape index (κ3) is 5.29. The Balaban J connectivity index is 1.88. The fourth-order valence-electron chi connectivity index (χ4n) is 3.70. The standard InChI is InChI=1S/C25H23F3N4O4S/c1-13(2)22-20(14-6-5-7-16(10-14)35-3)30-24(37-22)32-18-9-8-15(25(26,27)28)11-17(18)21(31-32)23(34)29-12-19(33)36-4/h5-11,13H,12H2,1-4H3,(H,29,34). The van der Waals surface area contributed by atoms with Crippen molar-refractivity contribution in [2.75, 3.05) is 20.8 Å². The van der Waals surface area contributed by atoms with E-state index >= 15 is 0 Å². The number of benzene rings is 2. The number of alkyl halides is 3. The van der Waals surface area contributed by atoms with Gasteiger partial charge in [0, 0.05) is 15.8 Å². The molecule has 2 aromatic carbocycles. The molecule has 0 atom stereocenters. The lowest BCUT2D eigenvalue weighted by Crippen LogP contribution is -2.30. The number of hydrogen-bond acceptors (Lipinski definition) is 7. The first-order valence-electron chi connectivity index (χ1n) is 11.1. The van der Waals surface area contributed by atoms with Crippen molar-refractivity contribution in [3.63, 3.8) is 0 Å². The molecule has 4 aromatic rings. The number of thiazole rings is 1. The van der Waals surface area contributed by atoms with Crippen LogP contribution in [0.25, 0.3) is 27.3 Å². The molecule has 2 heterocycles. The summed E-state index contributed by atoms with van der Waals surface area (Å²) < 4.78 is 51.6. The van der Waals surface area contributed by atoms with Gasteiger partial charge in [0.15, 0.2) is 5.69 Å². The van der Waals surface area contributed by atoms with Gasteiger partial charge >= 0.3 is 12.1 Å². The van der Waals surface area contributed by atoms with Gasteiger partial charge in [0.2, 0.25) is 5.13 Å². The van der Waals surface area contributed by atoms with Gasteiger partial charge in [-0.2, -0.15) is 18.3 Å². The molecule has 0 spiro atoms. The first-order valence-corrected chi connectivity index (χ1v) is 12.0. The maximum Gasteiger partial charge on any atom is 0.416 e. The van der Waals surface area contributed by atoms with Crippen LogP contribution in [-0.4, -0.2) is 47.4 Å². The average Bonchev–Trinajstić information content (AvgIpc) is 3.48. The Bertz CT molecular complexity index is 1480. The zero-order chi connectivity index (χ0) is 26.9. The van der Waals surface area contributed by atoms with Crippen molar-refractivity contribution in [3.8, 4) is 22.1 Å². The van der Waals surface area contributed by atoms with E-state index in [-0.39, 0.29) is 22.5 Å². The van der Waals surface area contributed by atoms with Crippen molar-refractivity contribution in [2.24, 2.45) is 0 Å². The predicted molar refractivity (Wildman–Crippen MR) is 132 cm³/mol. The Hall–Kier alpha value is -3.93. The van der Waals surface area contributed by atoms with Gasteiger partial charge in [0.25, 0.3) is 5.91 Å². The number of nitrogens with one attached hydrogen (secondary N) is 1. The summed E-state index contributed by atoms with van der Waals surface area (Å²) in [5.41, 5.74) is 0.547. The molecule has 0 saturated heterocycles. The van der Waals surface area contributed by atoms with Crippen LogP contribution in [0.2, 0.25) is 0 Å². The monoisotopic (exact) mass is 532 g/mol. The van der Waals surface area contributed by atoms with Crippen molar-refractivity contribution >= 4 is 34.1 Å². The highest BCUT2D eigenvalue weighted by Gasteiger charge is 2.32. The first-order chi connectivity index (χ1) is 17.5. The molecule has 1 N–H and O–H groups in total. The summed E-state index contributed by atoms with van der Waals surface area (Å²) in [7, 11) is 2.72. The number of hydrogen-bond donors (Lipinski definition) is 1. The van der Waals surface area contributed by atoms with Crippen molar-refractivity contribution in [1.29, 1.82) is 0 Å². The minimum absolute atomic E-state index is 0.0265. The van der Waals surface area contributed by atoms with Crippen LogP contribution < -0.4 is 10.1 Å². The number of nitrogens with zero attached hydrogens (tertiary/aromatic N) is 3. The molecule has 0 aliphatic rings. The van der Waals surface area contributed by atoms with E-state index < -0.39 is 30.2 Å². The second-order valence-corrected chi connectivity index (χ2v) is 9.35. The van der Waals surface area contributed by atoms with Crippen molar-refractivity contribution in [1.82, 2.24) is 20.1 Å². The van der Waals surface area contributed by atoms with Crippen molar-refractivity contribution in [2.45, 2.75) is 25.9 Å². The van der Waals surface area contributed by atoms with Crippen LogP contribution in [0, 0.1) is 0 Å². The van der Waals surface area contributed by atoms with Gasteiger partial charge in [-0.1, -0.05) is 37.3 Å². The molecule has 12 heteroatoms. The highest BCUT2D eigenvalue weighted by molar-refractivity contribution is 7.14. The number of amides is 1. The third-order valence-electron chi connectivity index (χ3n) is 5.53. The smallest absolute Gasteiger partial charge is 0.416 e. The molecule has 37 heavy (non-hydrogen) atoms. The van der Waals surface area contributed by atoms with Gasteiger partial charge in [0.05, 0.1) is 31.0 Å². The van der Waals surface area contributed by atoms with E-state index in [1.165, 1.54) is 22.1 Å². The SMILES string of the molecule is COC(=O)CNC(=O)c1nn(-c2nc(-c3cccc(OC)c3)c(C(C)C)s2)c2ccc(C(F)(F)F)cc12. The summed E-state index contributed by atoms with van der Waals surface area (Å²) in [6, 6.07) is 10.4. The quantitative estimate of drug-likeness (QED) is 0.329. The molecule has 0 saturated carbocycles. The molecule has 0 fully saturated rings. The van der Waals surface area contributed by atoms with Gasteiger partial charge in [-0.25, -0.2) is 9.67 Å². The van der Waals surface area contributed by atoms with Gasteiger partial charge in [-0.05, 0) is 36.2 Å². The van der Waals surface area contributed by atoms with E-state index in [0.29, 0.717) is 16.6 Å². The number of rotatable bonds is 7. The number of ether oxygens (including phenoxy) is 2. The van der Waals surface area contributed by atoms with E-state index in [2.05, 4.69) is 15.2 Å². The van der Waals surface area contributed by atoms with Gasteiger partial charge in [0.1, 0.15) is 12.3 Å². The molecular formula is C25H23F3N4O4S. The summed E-state index contributed by atoms with van der Waals surface area (Å²) in [5, 5.41) is 7.02. The van der Waals surface area contributed by atoms with E-state index in [1.807, 2.05) is 38.1 Å². The predicted octanol–water partition coefficient (Wildman–Crippen LogP) is 5.20. The summed E-state index contributed by atoms with van der Waals surface area (Å²) in [6.07, 6.45) is -4.62. The number of esters is 1. The van der Waals surface area contributed by atoms with E-state index in [1.54, 1.807) is 7.11 Å². The fraction of sp³-hybridized carbons (Fsp3) is 0.280. The van der Waals surface area contributed by atoms with Gasteiger partial charge in [-0.3, -0.25) is 9.59 Å². The second-order valence-electron chi connectivity index (χ2n) is 8.34. The zero-order valence-corrected chi connectivity index (χ0v) is 21.2. The Morgan fingerprint density at radius 3 is 2.54 bits per heavy atom. The third-order valence-corrected chi connectivity index (χ3v) is 6.87. The molecule has 0 bridgehead atoms. The lowest BCUT2D eigenvalue weighted by molar-refractivity contribution is -0.139. The molecule has 8 nitrogen and oxygen atoms in total. The van der Waals surface area contributed by atoms with E-state index in [4.69, 9.17) is 9.72 Å². The first kappa shape index (κ1) is 26.1. The fourth-order valence-corrected chi connectivity index (χ4v) is 4.75. The van der Waals surface area contributed by atoms with Crippen LogP contribution in [0.3, 0.4) is 0 Å². The molecule has 0 aliphatic carbocycles. The average molecular weight is 533 g/mol. The normalized spacial score (nSPS) is 11.7. The van der Waals surface area contributed by atoms with Crippen LogP contribution in [-0.2, 0) is 15.7 Å². The second kappa shape index (κ2) is 10.2. The molecular weight excluding hydrogens is 509 g/mol. The topological polar surface area (TPSA) is 95.3 Å². The Kier molecular flexibility index (Phi) is 7.21. The maximum atomic E-state index is 13.5. The van der Waals surface area contributed by atoms with Crippen molar-refractivity contribution < 1.29 is 32.2 Å². The Morgan fingerprint density at radius 1 is 1.14 bits per heavy atom. The summed E-state index contributed by atoms with van der Waals surface area (Å²) >= 11 is 1.32. The minimum Gasteiger partial charge on any atom is -0.497 e. The molecule has 194 valence electrons. The lowest BCUT2D eigenvalue weighted by atomic mass is 10.1. The van der Waals surface area contributed by atoms with E-state index in [9.17, 15) is 22.8 Å². The Labute approximate surface area is 214 Å². The van der Waals surface area contributed by atoms with Crippen LogP contribution in [0.1, 0.15) is 40.7 Å². The summed E-state index contributed by atoms with van der Waals surface area (Å²) in [4.78, 5) is 30.0. The number of aromatic nitrogens is 3. The maximum absolute atomic E-state index is 13.5. The zero-order valence-electron chi connectivity index (χ0n) is 20.3. The highest BCUT2D eigenvalue weighted by Crippen LogP contribution is 2.38. The van der Waals surface area contributed by atoms with Crippen LogP contribution in [0.5, 0.6) is 5.75 Å². The molecule has 4 rings (SSSR count). The molecule has 2 aromatic heterocycles. The van der Waals surface area contributed by atoms with Gasteiger partial charge < -0.3 is 14.8 Å². The number of carbonyl (C=O) groups excluding carboxylic acids is 2. The number of methoxy groups -OCH3 is 2. The van der Waals surface area contributed by atoms with Crippen LogP contribution >= 0.6 is 11.3 Å². The number of halogens is 3.